The van der Waals surface area contributed by atoms with Gasteiger partial charge in [-0.15, -0.1) is 0 Å². The van der Waals surface area contributed by atoms with Crippen LogP contribution in [-0.4, -0.2) is 61.1 Å². The first kappa shape index (κ1) is 16.4. The molecule has 1 amide bonds. The fraction of sp³-hybridized carbons (Fsp3) is 0.611. The third-order valence-electron chi connectivity index (χ3n) is 5.02. The summed E-state index contributed by atoms with van der Waals surface area (Å²) >= 11 is 0. The van der Waals surface area contributed by atoms with E-state index in [0.717, 1.165) is 19.5 Å². The van der Waals surface area contributed by atoms with Crippen LogP contribution in [0.4, 0.5) is 4.39 Å². The largest absolute Gasteiger partial charge is 0.378 e. The number of benzene rings is 1. The summed E-state index contributed by atoms with van der Waals surface area (Å²) < 4.78 is 18.3. The van der Waals surface area contributed by atoms with Gasteiger partial charge in [0, 0.05) is 38.6 Å². The second kappa shape index (κ2) is 7.41. The number of hydrogen-bond donors (Lipinski definition) is 0. The summed E-state index contributed by atoms with van der Waals surface area (Å²) in [6.45, 7) is 6.69. The van der Waals surface area contributed by atoms with Gasteiger partial charge >= 0.3 is 0 Å². The number of carbonyl (C=O) groups is 1. The standard InChI is InChI=1S/C18H25FN2O2/c1-14-12-16(15-2-4-17(19)5-3-15)13-21(14)7-6-18(22)20-8-10-23-11-9-20/h2-5,14,16H,6-13H2,1H3/t14-,16+/m0/s1. The lowest BCUT2D eigenvalue weighted by Gasteiger charge is -2.28. The van der Waals surface area contributed by atoms with Gasteiger partial charge in [0.05, 0.1) is 13.2 Å². The highest BCUT2D eigenvalue weighted by molar-refractivity contribution is 5.76. The van der Waals surface area contributed by atoms with Crippen molar-refractivity contribution in [3.05, 3.63) is 35.6 Å². The number of rotatable bonds is 4. The van der Waals surface area contributed by atoms with Gasteiger partial charge in [-0.25, -0.2) is 4.39 Å². The Labute approximate surface area is 137 Å². The highest BCUT2D eigenvalue weighted by Gasteiger charge is 2.30. The van der Waals surface area contributed by atoms with Crippen LogP contribution >= 0.6 is 0 Å². The third kappa shape index (κ3) is 4.09. The van der Waals surface area contributed by atoms with E-state index in [1.807, 2.05) is 17.0 Å². The Morgan fingerprint density at radius 1 is 1.26 bits per heavy atom. The van der Waals surface area contributed by atoms with E-state index in [2.05, 4.69) is 11.8 Å². The minimum absolute atomic E-state index is 0.187. The lowest BCUT2D eigenvalue weighted by atomic mass is 9.97. The number of nitrogens with zero attached hydrogens (tertiary/aromatic N) is 2. The van der Waals surface area contributed by atoms with Crippen molar-refractivity contribution in [1.29, 1.82) is 0 Å². The summed E-state index contributed by atoms with van der Waals surface area (Å²) in [4.78, 5) is 16.5. The number of halogens is 1. The quantitative estimate of drug-likeness (QED) is 0.853. The number of carbonyl (C=O) groups excluding carboxylic acids is 1. The summed E-state index contributed by atoms with van der Waals surface area (Å²) in [5.74, 6) is 0.475. The highest BCUT2D eigenvalue weighted by Crippen LogP contribution is 2.31. The van der Waals surface area contributed by atoms with E-state index < -0.39 is 0 Å². The molecule has 0 bridgehead atoms. The van der Waals surface area contributed by atoms with E-state index in [-0.39, 0.29) is 11.7 Å². The molecule has 1 aromatic rings. The zero-order valence-electron chi connectivity index (χ0n) is 13.7. The Morgan fingerprint density at radius 3 is 2.65 bits per heavy atom. The molecule has 0 unspecified atom stereocenters. The molecule has 2 saturated heterocycles. The molecule has 0 saturated carbocycles. The zero-order valence-corrected chi connectivity index (χ0v) is 13.7. The molecule has 3 rings (SSSR count). The topological polar surface area (TPSA) is 32.8 Å². The molecule has 126 valence electrons. The molecule has 2 heterocycles. The molecule has 4 nitrogen and oxygen atoms in total. The summed E-state index contributed by atoms with van der Waals surface area (Å²) in [5, 5.41) is 0. The van der Waals surface area contributed by atoms with Crippen LogP contribution in [-0.2, 0) is 9.53 Å². The molecule has 5 heteroatoms. The Balaban J connectivity index is 1.50. The molecule has 23 heavy (non-hydrogen) atoms. The molecule has 0 aliphatic carbocycles. The first-order chi connectivity index (χ1) is 11.1. The molecule has 0 N–H and O–H groups in total. The Bertz CT molecular complexity index is 528. The van der Waals surface area contributed by atoms with Gasteiger partial charge in [-0.3, -0.25) is 9.69 Å². The monoisotopic (exact) mass is 320 g/mol. The SMILES string of the molecule is C[C@H]1C[C@@H](c2ccc(F)cc2)CN1CCC(=O)N1CCOCC1. The maximum atomic E-state index is 13.1. The van der Waals surface area contributed by atoms with Crippen molar-refractivity contribution in [2.45, 2.75) is 31.7 Å². The van der Waals surface area contributed by atoms with E-state index in [0.29, 0.717) is 44.7 Å². The second-order valence-corrected chi connectivity index (χ2v) is 6.57. The molecular formula is C18H25FN2O2. The van der Waals surface area contributed by atoms with Crippen LogP contribution in [0.3, 0.4) is 0 Å². The smallest absolute Gasteiger partial charge is 0.224 e. The van der Waals surface area contributed by atoms with Gasteiger partial charge in [0.15, 0.2) is 0 Å². The van der Waals surface area contributed by atoms with Crippen LogP contribution in [0.15, 0.2) is 24.3 Å². The molecule has 0 radical (unpaired) electrons. The zero-order chi connectivity index (χ0) is 16.2. The van der Waals surface area contributed by atoms with Crippen molar-refractivity contribution in [2.75, 3.05) is 39.4 Å². The summed E-state index contributed by atoms with van der Waals surface area (Å²) in [5.41, 5.74) is 1.19. The predicted octanol–water partition coefficient (Wildman–Crippen LogP) is 2.25. The molecular weight excluding hydrogens is 295 g/mol. The van der Waals surface area contributed by atoms with Crippen molar-refractivity contribution in [3.63, 3.8) is 0 Å². The van der Waals surface area contributed by atoms with E-state index in [1.165, 1.54) is 17.7 Å². The number of amides is 1. The van der Waals surface area contributed by atoms with E-state index in [4.69, 9.17) is 4.74 Å². The van der Waals surface area contributed by atoms with Gasteiger partial charge in [-0.2, -0.15) is 0 Å². The van der Waals surface area contributed by atoms with Crippen LogP contribution in [0.1, 0.15) is 31.2 Å². The maximum Gasteiger partial charge on any atom is 0.224 e. The lowest BCUT2D eigenvalue weighted by molar-refractivity contribution is -0.135. The van der Waals surface area contributed by atoms with Gasteiger partial charge in [0.1, 0.15) is 5.82 Å². The first-order valence-corrected chi connectivity index (χ1v) is 8.48. The minimum atomic E-state index is -0.187. The summed E-state index contributed by atoms with van der Waals surface area (Å²) in [6.07, 6.45) is 1.64. The second-order valence-electron chi connectivity index (χ2n) is 6.57. The van der Waals surface area contributed by atoms with Crippen molar-refractivity contribution in [2.24, 2.45) is 0 Å². The van der Waals surface area contributed by atoms with Crippen LogP contribution in [0.25, 0.3) is 0 Å². The summed E-state index contributed by atoms with van der Waals surface area (Å²) in [6, 6.07) is 7.29. The number of ether oxygens (including phenoxy) is 1. The molecule has 2 aliphatic heterocycles. The average molecular weight is 320 g/mol. The molecule has 2 fully saturated rings. The van der Waals surface area contributed by atoms with E-state index in [9.17, 15) is 9.18 Å². The van der Waals surface area contributed by atoms with Crippen molar-refractivity contribution in [3.8, 4) is 0 Å². The number of likely N-dealkylation sites (tertiary alicyclic amines) is 1. The van der Waals surface area contributed by atoms with Crippen molar-refractivity contribution >= 4 is 5.91 Å². The Kier molecular flexibility index (Phi) is 5.28. The van der Waals surface area contributed by atoms with Crippen LogP contribution < -0.4 is 0 Å². The van der Waals surface area contributed by atoms with Gasteiger partial charge in [-0.1, -0.05) is 12.1 Å². The highest BCUT2D eigenvalue weighted by atomic mass is 19.1. The van der Waals surface area contributed by atoms with Crippen molar-refractivity contribution < 1.29 is 13.9 Å². The fourth-order valence-electron chi connectivity index (χ4n) is 3.60. The van der Waals surface area contributed by atoms with Gasteiger partial charge in [0.25, 0.3) is 0 Å². The van der Waals surface area contributed by atoms with Crippen molar-refractivity contribution in [1.82, 2.24) is 9.80 Å². The normalized spacial score (nSPS) is 25.7. The van der Waals surface area contributed by atoms with E-state index >= 15 is 0 Å². The predicted molar refractivity (Wildman–Crippen MR) is 86.8 cm³/mol. The first-order valence-electron chi connectivity index (χ1n) is 8.48. The van der Waals surface area contributed by atoms with Gasteiger partial charge < -0.3 is 9.64 Å². The average Bonchev–Trinajstić information content (AvgIpc) is 2.95. The van der Waals surface area contributed by atoms with Gasteiger partial charge in [-0.05, 0) is 37.0 Å². The summed E-state index contributed by atoms with van der Waals surface area (Å²) in [7, 11) is 0. The fourth-order valence-corrected chi connectivity index (χ4v) is 3.60. The third-order valence-corrected chi connectivity index (χ3v) is 5.02. The Morgan fingerprint density at radius 2 is 1.96 bits per heavy atom. The van der Waals surface area contributed by atoms with E-state index in [1.54, 1.807) is 0 Å². The van der Waals surface area contributed by atoms with Crippen LogP contribution in [0, 0.1) is 5.82 Å². The number of hydrogen-bond acceptors (Lipinski definition) is 3. The van der Waals surface area contributed by atoms with Gasteiger partial charge in [0.2, 0.25) is 5.91 Å². The minimum Gasteiger partial charge on any atom is -0.378 e. The van der Waals surface area contributed by atoms with Crippen LogP contribution in [0.5, 0.6) is 0 Å². The lowest BCUT2D eigenvalue weighted by Crippen LogP contribution is -2.42. The number of morpholine rings is 1. The molecule has 0 spiro atoms. The Hall–Kier alpha value is -1.46. The maximum absolute atomic E-state index is 13.1. The van der Waals surface area contributed by atoms with Crippen LogP contribution in [0.2, 0.25) is 0 Å². The molecule has 2 atom stereocenters. The molecule has 1 aromatic carbocycles. The molecule has 2 aliphatic rings. The molecule has 0 aromatic heterocycles.